The second-order valence-corrected chi connectivity index (χ2v) is 9.39. The fourth-order valence-corrected chi connectivity index (χ4v) is 5.92. The highest BCUT2D eigenvalue weighted by Crippen LogP contribution is 2.40. The molecule has 0 unspecified atom stereocenters. The van der Waals surface area contributed by atoms with Gasteiger partial charge in [-0.25, -0.2) is 0 Å². The van der Waals surface area contributed by atoms with Crippen LogP contribution in [0.4, 0.5) is 0 Å². The van der Waals surface area contributed by atoms with Crippen molar-refractivity contribution in [3.8, 4) is 0 Å². The van der Waals surface area contributed by atoms with Gasteiger partial charge < -0.3 is 4.90 Å². The first kappa shape index (κ1) is 22.2. The molecule has 0 bridgehead atoms. The highest BCUT2D eigenvalue weighted by molar-refractivity contribution is 7.98. The lowest BCUT2D eigenvalue weighted by atomic mass is 9.89. The first-order valence-electron chi connectivity index (χ1n) is 11.2. The van der Waals surface area contributed by atoms with E-state index in [1.165, 1.54) is 58.7 Å². The van der Waals surface area contributed by atoms with Crippen LogP contribution >= 0.6 is 24.2 Å². The second kappa shape index (κ2) is 10.5. The number of likely N-dealkylation sites (tertiary alicyclic amines) is 1. The molecule has 1 nitrogen and oxygen atoms in total. The topological polar surface area (TPSA) is 3.24 Å². The zero-order valence-corrected chi connectivity index (χ0v) is 19.5. The lowest BCUT2D eigenvalue weighted by molar-refractivity contribution is 0.216. The predicted octanol–water partition coefficient (Wildman–Crippen LogP) is 7.42. The number of thioether (sulfide) groups is 1. The van der Waals surface area contributed by atoms with Crippen molar-refractivity contribution in [1.82, 2.24) is 4.90 Å². The molecule has 2 heterocycles. The average molecular weight is 448 g/mol. The molecular weight excluding hydrogens is 418 g/mol. The third kappa shape index (κ3) is 5.09. The minimum atomic E-state index is 0. The Kier molecular flexibility index (Phi) is 7.55. The number of piperidine rings is 1. The fourth-order valence-electron chi connectivity index (χ4n) is 4.85. The van der Waals surface area contributed by atoms with Crippen molar-refractivity contribution < 1.29 is 0 Å². The van der Waals surface area contributed by atoms with E-state index in [-0.39, 0.29) is 12.4 Å². The Morgan fingerprint density at radius 3 is 2.29 bits per heavy atom. The van der Waals surface area contributed by atoms with Crippen molar-refractivity contribution in [3.63, 3.8) is 0 Å². The number of hydrogen-bond acceptors (Lipinski definition) is 2. The Bertz CT molecular complexity index is 972. The Morgan fingerprint density at radius 2 is 1.48 bits per heavy atom. The number of halogens is 1. The van der Waals surface area contributed by atoms with Gasteiger partial charge in [0.15, 0.2) is 0 Å². The summed E-state index contributed by atoms with van der Waals surface area (Å²) in [7, 11) is 0. The summed E-state index contributed by atoms with van der Waals surface area (Å²) in [6, 6.07) is 28.9. The molecule has 2 aliphatic rings. The van der Waals surface area contributed by atoms with Gasteiger partial charge in [0, 0.05) is 17.2 Å². The van der Waals surface area contributed by atoms with Gasteiger partial charge in [-0.15, -0.1) is 24.2 Å². The molecule has 3 heteroatoms. The fraction of sp³-hybridized carbons (Fsp3) is 0.286. The van der Waals surface area contributed by atoms with Crippen molar-refractivity contribution in [3.05, 3.63) is 107 Å². The van der Waals surface area contributed by atoms with E-state index in [4.69, 9.17) is 0 Å². The van der Waals surface area contributed by atoms with Crippen LogP contribution in [0.15, 0.2) is 89.8 Å². The van der Waals surface area contributed by atoms with Gasteiger partial charge in [0.25, 0.3) is 0 Å². The van der Waals surface area contributed by atoms with Crippen LogP contribution in [-0.4, -0.2) is 24.5 Å². The van der Waals surface area contributed by atoms with Crippen molar-refractivity contribution in [2.75, 3.05) is 19.6 Å². The van der Waals surface area contributed by atoms with Crippen LogP contribution in [0.3, 0.4) is 0 Å². The molecule has 0 spiro atoms. The quantitative estimate of drug-likeness (QED) is 0.409. The Hall–Kier alpha value is -2.00. The minimum Gasteiger partial charge on any atom is -0.303 e. The summed E-state index contributed by atoms with van der Waals surface area (Å²) in [4.78, 5) is 4.06. The van der Waals surface area contributed by atoms with Crippen LogP contribution in [0.1, 0.15) is 47.4 Å². The molecule has 0 radical (unpaired) electrons. The van der Waals surface area contributed by atoms with Crippen LogP contribution < -0.4 is 0 Å². The van der Waals surface area contributed by atoms with Crippen LogP contribution in [0, 0.1) is 0 Å². The third-order valence-electron chi connectivity index (χ3n) is 6.52. The van der Waals surface area contributed by atoms with E-state index in [0.29, 0.717) is 0 Å². The number of nitrogens with zero attached hydrogens (tertiary/aromatic N) is 1. The van der Waals surface area contributed by atoms with Gasteiger partial charge in [-0.1, -0.05) is 78.9 Å². The summed E-state index contributed by atoms with van der Waals surface area (Å²) in [6.45, 7) is 3.58. The van der Waals surface area contributed by atoms with Crippen LogP contribution in [-0.2, 0) is 5.75 Å². The van der Waals surface area contributed by atoms with Gasteiger partial charge in [-0.2, -0.15) is 0 Å². The summed E-state index contributed by atoms with van der Waals surface area (Å²) >= 11 is 1.96. The SMILES string of the molecule is C(/CCN1CCC(c2ccccc2)CC1)=C1/c2ccccc2CSc2ccccc21.Cl. The molecule has 0 saturated carbocycles. The summed E-state index contributed by atoms with van der Waals surface area (Å²) in [6.07, 6.45) is 6.16. The van der Waals surface area contributed by atoms with Crippen LogP contribution in [0.25, 0.3) is 5.57 Å². The van der Waals surface area contributed by atoms with Crippen molar-refractivity contribution >= 4 is 29.7 Å². The maximum Gasteiger partial charge on any atom is 0.0238 e. The molecule has 2 aliphatic heterocycles. The van der Waals surface area contributed by atoms with Crippen LogP contribution in [0.5, 0.6) is 0 Å². The van der Waals surface area contributed by atoms with Gasteiger partial charge in [0.05, 0.1) is 0 Å². The third-order valence-corrected chi connectivity index (χ3v) is 7.64. The minimum absolute atomic E-state index is 0. The van der Waals surface area contributed by atoms with Gasteiger partial charge in [0.2, 0.25) is 0 Å². The molecular formula is C28H30ClNS. The molecule has 0 atom stereocenters. The van der Waals surface area contributed by atoms with Gasteiger partial charge in [0.1, 0.15) is 0 Å². The first-order valence-corrected chi connectivity index (χ1v) is 12.1. The smallest absolute Gasteiger partial charge is 0.0238 e. The van der Waals surface area contributed by atoms with E-state index in [1.807, 2.05) is 11.8 Å². The van der Waals surface area contributed by atoms with E-state index >= 15 is 0 Å². The molecule has 1 saturated heterocycles. The Morgan fingerprint density at radius 1 is 0.806 bits per heavy atom. The normalized spacial score (nSPS) is 18.0. The molecule has 3 aromatic carbocycles. The molecule has 31 heavy (non-hydrogen) atoms. The van der Waals surface area contributed by atoms with Crippen molar-refractivity contribution in [2.45, 2.75) is 35.8 Å². The number of rotatable bonds is 4. The van der Waals surface area contributed by atoms with Gasteiger partial charge in [-0.3, -0.25) is 0 Å². The highest BCUT2D eigenvalue weighted by atomic mass is 35.5. The van der Waals surface area contributed by atoms with Crippen molar-refractivity contribution in [2.24, 2.45) is 0 Å². The number of hydrogen-bond donors (Lipinski definition) is 0. The molecule has 0 N–H and O–H groups in total. The van der Waals surface area contributed by atoms with Crippen molar-refractivity contribution in [1.29, 1.82) is 0 Å². The predicted molar refractivity (Wildman–Crippen MR) is 136 cm³/mol. The largest absolute Gasteiger partial charge is 0.303 e. The standard InChI is InChI=1S/C28H29NS.ClH/c1-2-9-22(10-3-1)23-16-19-29(20-17-23)18-8-14-26-25-12-5-4-11-24(25)21-30-28-15-7-6-13-27(26)28;/h1-7,9-15,23H,8,16-21H2;1H/b26-14+;. The number of benzene rings is 3. The van der Waals surface area contributed by atoms with E-state index < -0.39 is 0 Å². The molecule has 5 rings (SSSR count). The Balaban J connectivity index is 0.00000231. The first-order chi connectivity index (χ1) is 14.9. The molecule has 0 aromatic heterocycles. The molecule has 0 aliphatic carbocycles. The lowest BCUT2D eigenvalue weighted by Gasteiger charge is -2.32. The van der Waals surface area contributed by atoms with Gasteiger partial charge >= 0.3 is 0 Å². The molecule has 160 valence electrons. The van der Waals surface area contributed by atoms with E-state index in [2.05, 4.69) is 89.8 Å². The van der Waals surface area contributed by atoms with E-state index in [1.54, 1.807) is 0 Å². The molecule has 3 aromatic rings. The zero-order valence-electron chi connectivity index (χ0n) is 17.9. The maximum absolute atomic E-state index is 2.65. The summed E-state index contributed by atoms with van der Waals surface area (Å²) < 4.78 is 0. The second-order valence-electron chi connectivity index (χ2n) is 8.38. The van der Waals surface area contributed by atoms with Crippen LogP contribution in [0.2, 0.25) is 0 Å². The molecule has 0 amide bonds. The summed E-state index contributed by atoms with van der Waals surface area (Å²) in [5.74, 6) is 1.79. The average Bonchev–Trinajstić information content (AvgIpc) is 2.97. The summed E-state index contributed by atoms with van der Waals surface area (Å²) in [5.41, 5.74) is 7.20. The highest BCUT2D eigenvalue weighted by Gasteiger charge is 2.21. The maximum atomic E-state index is 2.65. The monoisotopic (exact) mass is 447 g/mol. The Labute approximate surface area is 197 Å². The lowest BCUT2D eigenvalue weighted by Crippen LogP contribution is -2.33. The van der Waals surface area contributed by atoms with E-state index in [0.717, 1.165) is 24.6 Å². The summed E-state index contributed by atoms with van der Waals surface area (Å²) in [5, 5.41) is 0. The zero-order chi connectivity index (χ0) is 20.2. The number of fused-ring (bicyclic) bond motifs is 2. The molecule has 1 fully saturated rings. The van der Waals surface area contributed by atoms with Gasteiger partial charge in [-0.05, 0) is 72.2 Å². The van der Waals surface area contributed by atoms with E-state index in [9.17, 15) is 0 Å².